The Hall–Kier alpha value is -2.04. The third kappa shape index (κ3) is 6.79. The van der Waals surface area contributed by atoms with Gasteiger partial charge in [0.2, 0.25) is 5.91 Å². The summed E-state index contributed by atoms with van der Waals surface area (Å²) in [6, 6.07) is 7.14. The van der Waals surface area contributed by atoms with Crippen molar-refractivity contribution in [2.24, 2.45) is 0 Å². The topological polar surface area (TPSA) is 61.4 Å². The molecular formula is C16H25N3O2. The van der Waals surface area contributed by atoms with Crippen LogP contribution in [0.4, 0.5) is 10.5 Å². The molecule has 0 aliphatic heterocycles. The Balaban J connectivity index is 2.40. The zero-order chi connectivity index (χ0) is 15.7. The quantitative estimate of drug-likeness (QED) is 0.759. The van der Waals surface area contributed by atoms with Gasteiger partial charge in [-0.1, -0.05) is 31.9 Å². The molecule has 0 saturated heterocycles. The van der Waals surface area contributed by atoms with Crippen LogP contribution in [-0.4, -0.2) is 37.5 Å². The first-order valence-electron chi connectivity index (χ1n) is 7.37. The third-order valence-corrected chi connectivity index (χ3v) is 3.13. The summed E-state index contributed by atoms with van der Waals surface area (Å²) in [5.74, 6) is 0.0596. The van der Waals surface area contributed by atoms with E-state index in [1.54, 1.807) is 19.0 Å². The molecule has 5 nitrogen and oxygen atoms in total. The molecule has 5 heteroatoms. The highest BCUT2D eigenvalue weighted by atomic mass is 16.2. The van der Waals surface area contributed by atoms with Crippen molar-refractivity contribution in [3.8, 4) is 0 Å². The number of hydrogen-bond donors (Lipinski definition) is 2. The first-order valence-corrected chi connectivity index (χ1v) is 7.37. The number of carbonyl (C=O) groups is 2. The van der Waals surface area contributed by atoms with Crippen LogP contribution in [0.1, 0.15) is 31.7 Å². The van der Waals surface area contributed by atoms with Crippen LogP contribution in [0.25, 0.3) is 0 Å². The van der Waals surface area contributed by atoms with Crippen molar-refractivity contribution in [3.63, 3.8) is 0 Å². The highest BCUT2D eigenvalue weighted by Crippen LogP contribution is 2.10. The van der Waals surface area contributed by atoms with E-state index in [1.807, 2.05) is 24.3 Å². The van der Waals surface area contributed by atoms with Gasteiger partial charge in [0.15, 0.2) is 0 Å². The minimum Gasteiger partial charge on any atom is -0.349 e. The summed E-state index contributed by atoms with van der Waals surface area (Å²) < 4.78 is 0. The molecule has 21 heavy (non-hydrogen) atoms. The molecule has 2 N–H and O–H groups in total. The summed E-state index contributed by atoms with van der Waals surface area (Å²) in [5.41, 5.74) is 1.66. The van der Waals surface area contributed by atoms with Crippen LogP contribution >= 0.6 is 0 Å². The maximum absolute atomic E-state index is 11.6. The number of urea groups is 1. The predicted molar refractivity (Wildman–Crippen MR) is 85.4 cm³/mol. The number of unbranched alkanes of at least 4 members (excludes halogenated alkanes) is 2. The Morgan fingerprint density at radius 1 is 1.10 bits per heavy atom. The van der Waals surface area contributed by atoms with E-state index in [-0.39, 0.29) is 11.9 Å². The number of nitrogens with zero attached hydrogens (tertiary/aromatic N) is 1. The molecule has 0 aromatic heterocycles. The molecule has 0 saturated carbocycles. The summed E-state index contributed by atoms with van der Waals surface area (Å²) in [6.45, 7) is 2.82. The van der Waals surface area contributed by atoms with E-state index in [0.717, 1.165) is 30.5 Å². The van der Waals surface area contributed by atoms with E-state index in [2.05, 4.69) is 17.6 Å². The molecule has 0 heterocycles. The molecule has 1 aromatic carbocycles. The highest BCUT2D eigenvalue weighted by Gasteiger charge is 2.06. The lowest BCUT2D eigenvalue weighted by Crippen LogP contribution is -2.29. The van der Waals surface area contributed by atoms with Crippen molar-refractivity contribution < 1.29 is 9.59 Å². The average Bonchev–Trinajstić information content (AvgIpc) is 2.45. The second-order valence-corrected chi connectivity index (χ2v) is 5.25. The number of benzene rings is 1. The molecule has 1 aromatic rings. The number of amides is 3. The summed E-state index contributed by atoms with van der Waals surface area (Å²) >= 11 is 0. The molecule has 0 spiro atoms. The Labute approximate surface area is 126 Å². The molecule has 3 amide bonds. The molecule has 116 valence electrons. The molecule has 0 aliphatic carbocycles. The van der Waals surface area contributed by atoms with Crippen LogP contribution < -0.4 is 10.6 Å². The lowest BCUT2D eigenvalue weighted by atomic mass is 10.1. The number of nitrogens with one attached hydrogen (secondary N) is 2. The number of hydrogen-bond acceptors (Lipinski definition) is 2. The maximum Gasteiger partial charge on any atom is 0.319 e. The Morgan fingerprint density at radius 2 is 1.76 bits per heavy atom. The van der Waals surface area contributed by atoms with Crippen LogP contribution in [0, 0.1) is 0 Å². The van der Waals surface area contributed by atoms with Crippen LogP contribution in [0.3, 0.4) is 0 Å². The first kappa shape index (κ1) is 17.0. The fourth-order valence-corrected chi connectivity index (χ4v) is 1.79. The molecular weight excluding hydrogens is 266 g/mol. The van der Waals surface area contributed by atoms with Crippen LogP contribution in [-0.2, 0) is 11.2 Å². The SMILES string of the molecule is CCCCCNC(=O)Nc1ccc(CC(=O)N(C)C)cc1. The zero-order valence-electron chi connectivity index (χ0n) is 13.1. The van der Waals surface area contributed by atoms with Crippen molar-refractivity contribution >= 4 is 17.6 Å². The smallest absolute Gasteiger partial charge is 0.319 e. The van der Waals surface area contributed by atoms with Crippen molar-refractivity contribution in [1.82, 2.24) is 10.2 Å². The van der Waals surface area contributed by atoms with Gasteiger partial charge < -0.3 is 15.5 Å². The van der Waals surface area contributed by atoms with E-state index < -0.39 is 0 Å². The van der Waals surface area contributed by atoms with Gasteiger partial charge in [-0.3, -0.25) is 4.79 Å². The number of anilines is 1. The molecule has 0 aliphatic rings. The molecule has 0 fully saturated rings. The van der Waals surface area contributed by atoms with E-state index in [0.29, 0.717) is 13.0 Å². The zero-order valence-corrected chi connectivity index (χ0v) is 13.1. The summed E-state index contributed by atoms with van der Waals surface area (Å²) in [7, 11) is 3.47. The van der Waals surface area contributed by atoms with E-state index in [1.165, 1.54) is 0 Å². The van der Waals surface area contributed by atoms with Gasteiger partial charge in [0.25, 0.3) is 0 Å². The van der Waals surface area contributed by atoms with Crippen molar-refractivity contribution in [2.45, 2.75) is 32.6 Å². The monoisotopic (exact) mass is 291 g/mol. The van der Waals surface area contributed by atoms with E-state index in [4.69, 9.17) is 0 Å². The minimum absolute atomic E-state index is 0.0596. The van der Waals surface area contributed by atoms with Gasteiger partial charge in [-0.25, -0.2) is 4.79 Å². The minimum atomic E-state index is -0.191. The fourth-order valence-electron chi connectivity index (χ4n) is 1.79. The fraction of sp³-hybridized carbons (Fsp3) is 0.500. The van der Waals surface area contributed by atoms with Gasteiger partial charge in [0.05, 0.1) is 6.42 Å². The summed E-state index contributed by atoms with van der Waals surface area (Å²) in [6.07, 6.45) is 3.62. The van der Waals surface area contributed by atoms with Gasteiger partial charge in [0.1, 0.15) is 0 Å². The summed E-state index contributed by atoms with van der Waals surface area (Å²) in [5, 5.41) is 5.59. The normalized spacial score (nSPS) is 10.0. The van der Waals surface area contributed by atoms with E-state index in [9.17, 15) is 9.59 Å². The standard InChI is InChI=1S/C16H25N3O2/c1-4-5-6-11-17-16(21)18-14-9-7-13(8-10-14)12-15(20)19(2)3/h7-10H,4-6,11-12H2,1-3H3,(H2,17,18,21). The Morgan fingerprint density at radius 3 is 2.33 bits per heavy atom. The van der Waals surface area contributed by atoms with Crippen LogP contribution in [0.5, 0.6) is 0 Å². The number of likely N-dealkylation sites (N-methyl/N-ethyl adjacent to an activating group) is 1. The average molecular weight is 291 g/mol. The molecule has 0 unspecified atom stereocenters. The van der Waals surface area contributed by atoms with Gasteiger partial charge in [-0.2, -0.15) is 0 Å². The van der Waals surface area contributed by atoms with Gasteiger partial charge in [-0.15, -0.1) is 0 Å². The maximum atomic E-state index is 11.6. The Bertz CT molecular complexity index is 455. The van der Waals surface area contributed by atoms with Gasteiger partial charge in [0, 0.05) is 26.3 Å². The van der Waals surface area contributed by atoms with Crippen molar-refractivity contribution in [3.05, 3.63) is 29.8 Å². The highest BCUT2D eigenvalue weighted by molar-refractivity contribution is 5.89. The molecule has 0 atom stereocenters. The number of rotatable bonds is 7. The van der Waals surface area contributed by atoms with Crippen molar-refractivity contribution in [2.75, 3.05) is 26.0 Å². The lowest BCUT2D eigenvalue weighted by Gasteiger charge is -2.11. The van der Waals surface area contributed by atoms with Crippen molar-refractivity contribution in [1.29, 1.82) is 0 Å². The number of carbonyl (C=O) groups excluding carboxylic acids is 2. The molecule has 1 rings (SSSR count). The van der Waals surface area contributed by atoms with Crippen LogP contribution in [0.15, 0.2) is 24.3 Å². The molecule has 0 radical (unpaired) electrons. The molecule has 0 bridgehead atoms. The predicted octanol–water partition coefficient (Wildman–Crippen LogP) is 2.63. The third-order valence-electron chi connectivity index (χ3n) is 3.13. The second-order valence-electron chi connectivity index (χ2n) is 5.25. The summed E-state index contributed by atoms with van der Waals surface area (Å²) in [4.78, 5) is 24.8. The lowest BCUT2D eigenvalue weighted by molar-refractivity contribution is -0.127. The van der Waals surface area contributed by atoms with Gasteiger partial charge in [-0.05, 0) is 24.1 Å². The van der Waals surface area contributed by atoms with Crippen LogP contribution in [0.2, 0.25) is 0 Å². The Kier molecular flexibility index (Phi) is 7.29. The largest absolute Gasteiger partial charge is 0.349 e. The van der Waals surface area contributed by atoms with E-state index >= 15 is 0 Å². The second kappa shape index (κ2) is 9.00. The van der Waals surface area contributed by atoms with Gasteiger partial charge >= 0.3 is 6.03 Å². The first-order chi connectivity index (χ1) is 10.0.